The van der Waals surface area contributed by atoms with Gasteiger partial charge in [0.05, 0.1) is 0 Å². The average molecular weight is 1040 g/mol. The summed E-state index contributed by atoms with van der Waals surface area (Å²) in [4.78, 5) is 70.9. The number of hydrogen-bond acceptors (Lipinski definition) is 12. The molecular formula is C66H54O12. The first-order valence-corrected chi connectivity index (χ1v) is 24.2. The SMILES string of the molecule is C=C(C)C(=O)Oc1ccc2ccc3c(OC(=O)C(=C)C)cccc3c2c1.C=C(C)C(=O)Oc1ccc2ccc3ccc(OC(=O)C(=C)C)cc3c2c1.C=C(C)C(=O)Oc1cccc2c1ccc1c(OC(=O)C(=C)C)cccc12. The first kappa shape index (κ1) is 55.5. The van der Waals surface area contributed by atoms with Crippen molar-refractivity contribution in [2.24, 2.45) is 0 Å². The molecule has 0 saturated carbocycles. The van der Waals surface area contributed by atoms with Crippen LogP contribution in [0.2, 0.25) is 0 Å². The summed E-state index contributed by atoms with van der Waals surface area (Å²) >= 11 is 0. The third kappa shape index (κ3) is 13.0. The van der Waals surface area contributed by atoms with E-state index in [1.807, 2.05) is 91.0 Å². The molecule has 390 valence electrons. The van der Waals surface area contributed by atoms with Crippen LogP contribution in [0.15, 0.2) is 219 Å². The predicted octanol–water partition coefficient (Wildman–Crippen LogP) is 14.9. The number of benzene rings is 9. The molecule has 0 atom stereocenters. The first-order chi connectivity index (χ1) is 37.1. The monoisotopic (exact) mass is 1040 g/mol. The maximum atomic E-state index is 11.9. The number of ether oxygens (including phenoxy) is 6. The lowest BCUT2D eigenvalue weighted by Gasteiger charge is -2.12. The minimum absolute atomic E-state index is 0.330. The Morgan fingerprint density at radius 1 is 0.256 bits per heavy atom. The number of carbonyl (C=O) groups is 6. The fraction of sp³-hybridized carbons (Fsp3) is 0.0909. The van der Waals surface area contributed by atoms with Gasteiger partial charge in [0.1, 0.15) is 34.5 Å². The molecule has 9 rings (SSSR count). The highest BCUT2D eigenvalue weighted by atomic mass is 16.6. The van der Waals surface area contributed by atoms with Crippen LogP contribution in [-0.2, 0) is 28.8 Å². The molecule has 0 bridgehead atoms. The molecule has 12 heteroatoms. The van der Waals surface area contributed by atoms with E-state index in [-0.39, 0.29) is 0 Å². The van der Waals surface area contributed by atoms with Gasteiger partial charge in [-0.05, 0) is 163 Å². The summed E-state index contributed by atoms with van der Waals surface area (Å²) in [6.07, 6.45) is 0. The molecule has 9 aromatic carbocycles. The molecule has 0 unspecified atom stereocenters. The van der Waals surface area contributed by atoms with Crippen molar-refractivity contribution in [2.75, 3.05) is 0 Å². The van der Waals surface area contributed by atoms with E-state index in [4.69, 9.17) is 28.4 Å². The Kier molecular flexibility index (Phi) is 17.1. The molecule has 0 saturated heterocycles. The van der Waals surface area contributed by atoms with E-state index in [0.717, 1.165) is 64.6 Å². The number of esters is 6. The molecule has 0 heterocycles. The minimum atomic E-state index is -0.472. The second-order valence-electron chi connectivity index (χ2n) is 18.4. The van der Waals surface area contributed by atoms with Crippen LogP contribution >= 0.6 is 0 Å². The molecule has 12 nitrogen and oxygen atoms in total. The van der Waals surface area contributed by atoms with E-state index in [1.54, 1.807) is 96.1 Å². The number of carbonyl (C=O) groups excluding carboxylic acids is 6. The summed E-state index contributed by atoms with van der Waals surface area (Å²) in [6, 6.07) is 44.2. The van der Waals surface area contributed by atoms with Crippen LogP contribution in [0.4, 0.5) is 0 Å². The van der Waals surface area contributed by atoms with E-state index in [2.05, 4.69) is 39.5 Å². The molecule has 78 heavy (non-hydrogen) atoms. The molecule has 0 spiro atoms. The van der Waals surface area contributed by atoms with Crippen LogP contribution in [0.1, 0.15) is 41.5 Å². The van der Waals surface area contributed by atoms with Gasteiger partial charge in [-0.25, -0.2) is 28.8 Å². The molecule has 0 aliphatic carbocycles. The van der Waals surface area contributed by atoms with Gasteiger partial charge in [-0.15, -0.1) is 0 Å². The van der Waals surface area contributed by atoms with Crippen molar-refractivity contribution in [3.05, 3.63) is 219 Å². The predicted molar refractivity (Wildman–Crippen MR) is 307 cm³/mol. The number of fused-ring (bicyclic) bond motifs is 9. The maximum Gasteiger partial charge on any atom is 0.338 e. The second-order valence-corrected chi connectivity index (χ2v) is 18.4. The van der Waals surface area contributed by atoms with Crippen molar-refractivity contribution in [1.82, 2.24) is 0 Å². The van der Waals surface area contributed by atoms with Crippen LogP contribution in [0, 0.1) is 0 Å². The fourth-order valence-corrected chi connectivity index (χ4v) is 7.71. The molecule has 0 fully saturated rings. The number of rotatable bonds is 12. The lowest BCUT2D eigenvalue weighted by molar-refractivity contribution is -0.130. The molecule has 0 N–H and O–H groups in total. The van der Waals surface area contributed by atoms with E-state index >= 15 is 0 Å². The van der Waals surface area contributed by atoms with Crippen molar-refractivity contribution in [3.8, 4) is 34.5 Å². The van der Waals surface area contributed by atoms with Gasteiger partial charge in [-0.1, -0.05) is 112 Å². The second kappa shape index (κ2) is 24.0. The Labute approximate surface area is 450 Å². The Balaban J connectivity index is 0.000000170. The van der Waals surface area contributed by atoms with Crippen molar-refractivity contribution in [2.45, 2.75) is 41.5 Å². The molecule has 9 aromatic rings. The summed E-state index contributed by atoms with van der Waals surface area (Å²) in [5.41, 5.74) is 1.98. The van der Waals surface area contributed by atoms with E-state index in [9.17, 15) is 28.8 Å². The molecule has 0 radical (unpaired) electrons. The van der Waals surface area contributed by atoms with Crippen LogP contribution in [0.3, 0.4) is 0 Å². The van der Waals surface area contributed by atoms with Crippen LogP contribution < -0.4 is 28.4 Å². The zero-order valence-corrected chi connectivity index (χ0v) is 44.0. The van der Waals surface area contributed by atoms with Gasteiger partial charge in [0, 0.05) is 49.6 Å². The molecule has 0 aromatic heterocycles. The standard InChI is InChI=1S/3C22H18O4/c1-13(2)21(23)25-19-9-5-7-15-16-8-6-10-20(26-22(24)14(3)4)18(16)12-11-17(15)19;1-13(2)21(23)25-17-9-7-15-5-6-16-8-10-18(26-22(24)14(3)4)12-20(16)19(15)11-17;1-13(2)21(23)25-16-10-8-15-9-11-18-17(19(15)12-16)6-5-7-20(18)26-22(24)14(3)4/h3*5-12H,1,3H2,2,4H3. The summed E-state index contributed by atoms with van der Waals surface area (Å²) in [6.45, 7) is 31.2. The van der Waals surface area contributed by atoms with Gasteiger partial charge in [0.25, 0.3) is 0 Å². The fourth-order valence-electron chi connectivity index (χ4n) is 7.71. The molecule has 0 amide bonds. The topological polar surface area (TPSA) is 158 Å². The zero-order valence-electron chi connectivity index (χ0n) is 44.0. The van der Waals surface area contributed by atoms with Gasteiger partial charge >= 0.3 is 35.8 Å². The Bertz CT molecular complexity index is 3690. The Hall–Kier alpha value is -10.2. The van der Waals surface area contributed by atoms with Crippen LogP contribution in [-0.4, -0.2) is 35.8 Å². The number of hydrogen-bond donors (Lipinski definition) is 0. The molecule has 0 aliphatic heterocycles. The molecule has 0 aliphatic rings. The lowest BCUT2D eigenvalue weighted by atomic mass is 10.0. The summed E-state index contributed by atoms with van der Waals surface area (Å²) in [5, 5.41) is 10.7. The third-order valence-electron chi connectivity index (χ3n) is 11.8. The van der Waals surface area contributed by atoms with Crippen LogP contribution in [0.5, 0.6) is 34.5 Å². The lowest BCUT2D eigenvalue weighted by Crippen LogP contribution is -2.09. The van der Waals surface area contributed by atoms with E-state index in [1.165, 1.54) is 0 Å². The largest absolute Gasteiger partial charge is 0.423 e. The Morgan fingerprint density at radius 3 is 0.756 bits per heavy atom. The van der Waals surface area contributed by atoms with Crippen molar-refractivity contribution >= 4 is 100 Å². The minimum Gasteiger partial charge on any atom is -0.423 e. The summed E-state index contributed by atoms with van der Waals surface area (Å²) in [7, 11) is 0. The van der Waals surface area contributed by atoms with Crippen LogP contribution in [0.25, 0.3) is 64.6 Å². The van der Waals surface area contributed by atoms with Gasteiger partial charge in [0.15, 0.2) is 0 Å². The van der Waals surface area contributed by atoms with Gasteiger partial charge in [0.2, 0.25) is 0 Å². The van der Waals surface area contributed by atoms with Gasteiger partial charge in [-0.2, -0.15) is 0 Å². The zero-order chi connectivity index (χ0) is 56.5. The van der Waals surface area contributed by atoms with Gasteiger partial charge in [-0.3, -0.25) is 0 Å². The van der Waals surface area contributed by atoms with E-state index < -0.39 is 35.8 Å². The van der Waals surface area contributed by atoms with Gasteiger partial charge < -0.3 is 28.4 Å². The van der Waals surface area contributed by atoms with Crippen molar-refractivity contribution in [3.63, 3.8) is 0 Å². The highest BCUT2D eigenvalue weighted by Gasteiger charge is 2.16. The van der Waals surface area contributed by atoms with Crippen molar-refractivity contribution in [1.29, 1.82) is 0 Å². The molecular weight excluding hydrogens is 985 g/mol. The normalized spacial score (nSPS) is 10.5. The Morgan fingerprint density at radius 2 is 0.474 bits per heavy atom. The van der Waals surface area contributed by atoms with Crippen molar-refractivity contribution < 1.29 is 57.2 Å². The quantitative estimate of drug-likeness (QED) is 0.0494. The smallest absolute Gasteiger partial charge is 0.338 e. The summed E-state index contributed by atoms with van der Waals surface area (Å²) in [5.74, 6) is -0.149. The maximum absolute atomic E-state index is 11.9. The van der Waals surface area contributed by atoms with E-state index in [0.29, 0.717) is 67.9 Å². The first-order valence-electron chi connectivity index (χ1n) is 24.2. The highest BCUT2D eigenvalue weighted by Crippen LogP contribution is 2.37. The third-order valence-corrected chi connectivity index (χ3v) is 11.8. The summed E-state index contributed by atoms with van der Waals surface area (Å²) < 4.78 is 32.3. The average Bonchev–Trinajstić information content (AvgIpc) is 3.49. The highest BCUT2D eigenvalue weighted by molar-refractivity contribution is 6.13.